The number of nitrogens with one attached hydrogen (secondary N) is 1. The highest BCUT2D eigenvalue weighted by molar-refractivity contribution is 6.07. The van der Waals surface area contributed by atoms with Gasteiger partial charge in [-0.2, -0.15) is 0 Å². The smallest absolute Gasteiger partial charge is 0.253 e. The molecule has 2 heterocycles. The Kier molecular flexibility index (Phi) is 3.53. The van der Waals surface area contributed by atoms with Crippen LogP contribution in [0.15, 0.2) is 42.5 Å². The van der Waals surface area contributed by atoms with Crippen molar-refractivity contribution in [3.63, 3.8) is 0 Å². The standard InChI is InChI=1S/C20H20N2O3/c1-13-4-3-5-14(10-13)18(23)22-9-8-20(12-22)16-11-15(25-2)6-7-17(16)21-19(20)24/h3-7,10-11H,8-9,12H2,1-2H3,(H,21,24). The molecule has 2 aromatic carbocycles. The van der Waals surface area contributed by atoms with Gasteiger partial charge in [0.15, 0.2) is 0 Å². The second-order valence-corrected chi connectivity index (χ2v) is 6.79. The topological polar surface area (TPSA) is 58.6 Å². The summed E-state index contributed by atoms with van der Waals surface area (Å²) in [6.45, 7) is 2.93. The first kappa shape index (κ1) is 15.7. The summed E-state index contributed by atoms with van der Waals surface area (Å²) in [6, 6.07) is 13.2. The Balaban J connectivity index is 1.66. The van der Waals surface area contributed by atoms with E-state index in [0.29, 0.717) is 25.1 Å². The first-order valence-corrected chi connectivity index (χ1v) is 8.39. The molecule has 5 heteroatoms. The number of hydrogen-bond acceptors (Lipinski definition) is 3. The average Bonchev–Trinajstić information content (AvgIpc) is 3.18. The van der Waals surface area contributed by atoms with Crippen molar-refractivity contribution in [1.29, 1.82) is 0 Å². The summed E-state index contributed by atoms with van der Waals surface area (Å²) in [4.78, 5) is 27.4. The number of fused-ring (bicyclic) bond motifs is 2. The molecule has 0 aliphatic carbocycles. The van der Waals surface area contributed by atoms with Crippen molar-refractivity contribution in [2.24, 2.45) is 0 Å². The molecule has 25 heavy (non-hydrogen) atoms. The van der Waals surface area contributed by atoms with Crippen LogP contribution in [0.2, 0.25) is 0 Å². The number of ether oxygens (including phenoxy) is 1. The molecular formula is C20H20N2O3. The normalized spacial score (nSPS) is 21.4. The minimum Gasteiger partial charge on any atom is -0.497 e. The number of amides is 2. The Hall–Kier alpha value is -2.82. The molecule has 0 saturated carbocycles. The summed E-state index contributed by atoms with van der Waals surface area (Å²) >= 11 is 0. The molecule has 5 nitrogen and oxygen atoms in total. The maximum Gasteiger partial charge on any atom is 0.253 e. The van der Waals surface area contributed by atoms with Gasteiger partial charge in [0.2, 0.25) is 5.91 Å². The van der Waals surface area contributed by atoms with E-state index >= 15 is 0 Å². The minimum atomic E-state index is -0.677. The van der Waals surface area contributed by atoms with Crippen LogP contribution >= 0.6 is 0 Å². The van der Waals surface area contributed by atoms with Crippen LogP contribution in [-0.2, 0) is 10.2 Å². The summed E-state index contributed by atoms with van der Waals surface area (Å²) in [7, 11) is 1.61. The lowest BCUT2D eigenvalue weighted by Crippen LogP contribution is -2.39. The van der Waals surface area contributed by atoms with Crippen LogP contribution in [0.3, 0.4) is 0 Å². The lowest BCUT2D eigenvalue weighted by molar-refractivity contribution is -0.120. The number of anilines is 1. The Bertz CT molecular complexity index is 877. The number of aryl methyl sites for hydroxylation is 1. The van der Waals surface area contributed by atoms with Gasteiger partial charge in [-0.05, 0) is 49.2 Å². The first-order valence-electron chi connectivity index (χ1n) is 8.39. The van der Waals surface area contributed by atoms with Crippen molar-refractivity contribution in [2.75, 3.05) is 25.5 Å². The van der Waals surface area contributed by atoms with Crippen LogP contribution in [0.4, 0.5) is 5.69 Å². The molecule has 2 aliphatic heterocycles. The number of nitrogens with zero attached hydrogens (tertiary/aromatic N) is 1. The van der Waals surface area contributed by atoms with Crippen LogP contribution in [-0.4, -0.2) is 36.9 Å². The van der Waals surface area contributed by atoms with Gasteiger partial charge in [-0.1, -0.05) is 17.7 Å². The third kappa shape index (κ3) is 2.38. The Morgan fingerprint density at radius 2 is 2.08 bits per heavy atom. The fourth-order valence-corrected chi connectivity index (χ4v) is 3.87. The minimum absolute atomic E-state index is 0.0234. The molecule has 0 aromatic heterocycles. The summed E-state index contributed by atoms with van der Waals surface area (Å²) in [5.41, 5.74) is 2.78. The van der Waals surface area contributed by atoms with Crippen molar-refractivity contribution in [1.82, 2.24) is 4.90 Å². The van der Waals surface area contributed by atoms with Gasteiger partial charge in [0, 0.05) is 24.3 Å². The summed E-state index contributed by atoms with van der Waals surface area (Å²) in [5, 5.41) is 2.96. The lowest BCUT2D eigenvalue weighted by Gasteiger charge is -2.23. The highest BCUT2D eigenvalue weighted by Gasteiger charge is 2.52. The molecule has 4 rings (SSSR count). The molecule has 2 aromatic rings. The zero-order valence-corrected chi connectivity index (χ0v) is 14.3. The van der Waals surface area contributed by atoms with E-state index in [1.165, 1.54) is 0 Å². The van der Waals surface area contributed by atoms with Crippen LogP contribution < -0.4 is 10.1 Å². The van der Waals surface area contributed by atoms with E-state index in [-0.39, 0.29) is 11.8 Å². The number of rotatable bonds is 2. The van der Waals surface area contributed by atoms with E-state index in [4.69, 9.17) is 4.74 Å². The Morgan fingerprint density at radius 1 is 1.24 bits per heavy atom. The molecule has 1 fully saturated rings. The van der Waals surface area contributed by atoms with Gasteiger partial charge in [0.1, 0.15) is 5.75 Å². The second kappa shape index (κ2) is 5.62. The van der Waals surface area contributed by atoms with E-state index in [1.54, 1.807) is 12.0 Å². The average molecular weight is 336 g/mol. The van der Waals surface area contributed by atoms with Crippen LogP contribution in [0.1, 0.15) is 27.9 Å². The fraction of sp³-hybridized carbons (Fsp3) is 0.300. The summed E-state index contributed by atoms with van der Waals surface area (Å²) < 4.78 is 5.31. The van der Waals surface area contributed by atoms with Gasteiger partial charge in [-0.25, -0.2) is 0 Å². The fourth-order valence-electron chi connectivity index (χ4n) is 3.87. The molecule has 1 N–H and O–H groups in total. The van der Waals surface area contributed by atoms with Gasteiger partial charge in [-0.15, -0.1) is 0 Å². The van der Waals surface area contributed by atoms with Gasteiger partial charge >= 0.3 is 0 Å². The second-order valence-electron chi connectivity index (χ2n) is 6.79. The molecule has 0 bridgehead atoms. The molecule has 1 spiro atoms. The molecule has 2 aliphatic rings. The van der Waals surface area contributed by atoms with E-state index in [9.17, 15) is 9.59 Å². The molecule has 128 valence electrons. The third-order valence-electron chi connectivity index (χ3n) is 5.25. The maximum absolute atomic E-state index is 12.9. The van der Waals surface area contributed by atoms with Crippen molar-refractivity contribution in [2.45, 2.75) is 18.8 Å². The molecular weight excluding hydrogens is 316 g/mol. The summed E-state index contributed by atoms with van der Waals surface area (Å²) in [5.74, 6) is 0.665. The molecule has 1 saturated heterocycles. The first-order chi connectivity index (χ1) is 12.0. The molecule has 0 radical (unpaired) electrons. The van der Waals surface area contributed by atoms with Crippen molar-refractivity contribution in [3.8, 4) is 5.75 Å². The third-order valence-corrected chi connectivity index (χ3v) is 5.25. The molecule has 2 amide bonds. The molecule has 1 atom stereocenters. The van der Waals surface area contributed by atoms with E-state index in [2.05, 4.69) is 5.32 Å². The predicted octanol–water partition coefficient (Wildman–Crippen LogP) is 2.74. The zero-order chi connectivity index (χ0) is 17.6. The number of methoxy groups -OCH3 is 1. The van der Waals surface area contributed by atoms with Gasteiger partial charge in [0.05, 0.1) is 12.5 Å². The van der Waals surface area contributed by atoms with Crippen molar-refractivity contribution >= 4 is 17.5 Å². The van der Waals surface area contributed by atoms with Crippen LogP contribution in [0.25, 0.3) is 0 Å². The number of benzene rings is 2. The molecule has 1 unspecified atom stereocenters. The zero-order valence-electron chi connectivity index (χ0n) is 14.3. The van der Waals surface area contributed by atoms with Gasteiger partial charge < -0.3 is 15.0 Å². The number of carbonyl (C=O) groups excluding carboxylic acids is 2. The number of hydrogen-bond donors (Lipinski definition) is 1. The highest BCUT2D eigenvalue weighted by atomic mass is 16.5. The van der Waals surface area contributed by atoms with E-state index in [0.717, 1.165) is 22.6 Å². The Morgan fingerprint density at radius 3 is 2.84 bits per heavy atom. The predicted molar refractivity (Wildman–Crippen MR) is 95.0 cm³/mol. The SMILES string of the molecule is COc1ccc2c(c1)C1(CCN(C(=O)c3cccc(C)c3)C1)C(=O)N2. The lowest BCUT2D eigenvalue weighted by atomic mass is 9.81. The number of likely N-dealkylation sites (tertiary alicyclic amines) is 1. The van der Waals surface area contributed by atoms with Gasteiger partial charge in [0.25, 0.3) is 5.91 Å². The van der Waals surface area contributed by atoms with Crippen LogP contribution in [0.5, 0.6) is 5.75 Å². The summed E-state index contributed by atoms with van der Waals surface area (Å²) in [6.07, 6.45) is 0.622. The maximum atomic E-state index is 12.9. The van der Waals surface area contributed by atoms with Crippen molar-refractivity contribution < 1.29 is 14.3 Å². The largest absolute Gasteiger partial charge is 0.497 e. The highest BCUT2D eigenvalue weighted by Crippen LogP contribution is 2.45. The Labute approximate surface area is 146 Å². The number of carbonyl (C=O) groups is 2. The van der Waals surface area contributed by atoms with E-state index in [1.807, 2.05) is 49.4 Å². The van der Waals surface area contributed by atoms with Crippen LogP contribution in [0, 0.1) is 6.92 Å². The van der Waals surface area contributed by atoms with Crippen molar-refractivity contribution in [3.05, 3.63) is 59.2 Å². The monoisotopic (exact) mass is 336 g/mol. The van der Waals surface area contributed by atoms with E-state index < -0.39 is 5.41 Å². The quantitative estimate of drug-likeness (QED) is 0.917. The van der Waals surface area contributed by atoms with Gasteiger partial charge in [-0.3, -0.25) is 9.59 Å².